The molecule has 3 heterocycles. The summed E-state index contributed by atoms with van der Waals surface area (Å²) >= 11 is 0. The van der Waals surface area contributed by atoms with Gasteiger partial charge in [-0.1, -0.05) is 50.1 Å². The van der Waals surface area contributed by atoms with Crippen LogP contribution in [0, 0.1) is 5.92 Å². The summed E-state index contributed by atoms with van der Waals surface area (Å²) in [5, 5.41) is 5.13. The molecule has 0 bridgehead atoms. The van der Waals surface area contributed by atoms with Gasteiger partial charge in [0.1, 0.15) is 11.2 Å². The fourth-order valence-electron chi connectivity index (χ4n) is 4.94. The van der Waals surface area contributed by atoms with Crippen LogP contribution in [0.1, 0.15) is 56.0 Å². The van der Waals surface area contributed by atoms with Crippen molar-refractivity contribution in [1.82, 2.24) is 24.6 Å². The predicted molar refractivity (Wildman–Crippen MR) is 109 cm³/mol. The maximum absolute atomic E-state index is 12.7. The monoisotopic (exact) mass is 377 g/mol. The van der Waals surface area contributed by atoms with Gasteiger partial charge in [-0.2, -0.15) is 5.10 Å². The average Bonchev–Trinajstić information content (AvgIpc) is 3.42. The number of nitrogens with zero attached hydrogens (tertiary/aromatic N) is 4. The molecule has 2 atom stereocenters. The first kappa shape index (κ1) is 17.6. The molecule has 1 N–H and O–H groups in total. The first-order valence-electron chi connectivity index (χ1n) is 10.4. The Morgan fingerprint density at radius 2 is 1.93 bits per heavy atom. The highest BCUT2D eigenvalue weighted by Crippen LogP contribution is 2.33. The minimum Gasteiger partial charge on any atom is -0.310 e. The van der Waals surface area contributed by atoms with Crippen molar-refractivity contribution in [2.45, 2.75) is 51.1 Å². The van der Waals surface area contributed by atoms with E-state index in [0.29, 0.717) is 17.3 Å². The van der Waals surface area contributed by atoms with E-state index in [0.717, 1.165) is 43.9 Å². The highest BCUT2D eigenvalue weighted by Gasteiger charge is 2.33. The van der Waals surface area contributed by atoms with Crippen LogP contribution in [0.5, 0.6) is 0 Å². The average molecular weight is 377 g/mol. The molecule has 2 fully saturated rings. The first-order valence-corrected chi connectivity index (χ1v) is 10.4. The largest absolute Gasteiger partial charge is 0.310 e. The zero-order chi connectivity index (χ0) is 19.1. The Hall–Kier alpha value is -2.47. The molecule has 146 valence electrons. The van der Waals surface area contributed by atoms with E-state index >= 15 is 0 Å². The van der Waals surface area contributed by atoms with Crippen LogP contribution in [0.2, 0.25) is 0 Å². The van der Waals surface area contributed by atoms with E-state index < -0.39 is 0 Å². The third-order valence-electron chi connectivity index (χ3n) is 6.44. The number of aromatic amines is 1. The molecule has 6 nitrogen and oxygen atoms in total. The number of aromatic nitrogens is 4. The van der Waals surface area contributed by atoms with Crippen molar-refractivity contribution < 1.29 is 0 Å². The van der Waals surface area contributed by atoms with Gasteiger partial charge in [-0.05, 0) is 24.3 Å². The van der Waals surface area contributed by atoms with Crippen molar-refractivity contribution in [2.24, 2.45) is 5.92 Å². The van der Waals surface area contributed by atoms with Crippen LogP contribution in [0.3, 0.4) is 0 Å². The van der Waals surface area contributed by atoms with Crippen LogP contribution >= 0.6 is 0 Å². The molecule has 0 spiro atoms. The smallest absolute Gasteiger partial charge is 0.262 e. The second-order valence-electron chi connectivity index (χ2n) is 8.48. The van der Waals surface area contributed by atoms with Gasteiger partial charge in [-0.3, -0.25) is 9.69 Å². The molecule has 28 heavy (non-hydrogen) atoms. The van der Waals surface area contributed by atoms with E-state index in [4.69, 9.17) is 4.98 Å². The maximum Gasteiger partial charge on any atom is 0.262 e. The Morgan fingerprint density at radius 1 is 1.14 bits per heavy atom. The van der Waals surface area contributed by atoms with Gasteiger partial charge in [0.2, 0.25) is 0 Å². The molecular weight excluding hydrogens is 350 g/mol. The number of nitrogens with one attached hydrogen (secondary N) is 1. The van der Waals surface area contributed by atoms with Gasteiger partial charge in [0.15, 0.2) is 5.65 Å². The maximum atomic E-state index is 12.7. The highest BCUT2D eigenvalue weighted by atomic mass is 16.1. The van der Waals surface area contributed by atoms with Crippen LogP contribution in [-0.2, 0) is 6.54 Å². The van der Waals surface area contributed by atoms with Gasteiger partial charge in [-0.15, -0.1) is 0 Å². The number of likely N-dealkylation sites (tertiary alicyclic amines) is 1. The Morgan fingerprint density at radius 3 is 2.71 bits per heavy atom. The van der Waals surface area contributed by atoms with Gasteiger partial charge in [0, 0.05) is 25.6 Å². The number of H-pyrrole nitrogens is 1. The number of hydrogen-bond acceptors (Lipinski definition) is 4. The lowest BCUT2D eigenvalue weighted by Crippen LogP contribution is -2.21. The molecule has 2 aromatic heterocycles. The van der Waals surface area contributed by atoms with E-state index in [2.05, 4.69) is 52.2 Å². The van der Waals surface area contributed by atoms with Crippen LogP contribution < -0.4 is 5.56 Å². The molecule has 1 aromatic carbocycles. The summed E-state index contributed by atoms with van der Waals surface area (Å²) in [4.78, 5) is 23.2. The minimum atomic E-state index is -0.0574. The molecule has 5 rings (SSSR count). The first-order chi connectivity index (χ1) is 13.7. The quantitative estimate of drug-likeness (QED) is 0.756. The van der Waals surface area contributed by atoms with Gasteiger partial charge < -0.3 is 4.98 Å². The molecule has 0 radical (unpaired) electrons. The summed E-state index contributed by atoms with van der Waals surface area (Å²) < 4.78 is 2.00. The van der Waals surface area contributed by atoms with Crippen molar-refractivity contribution in [3.8, 4) is 0 Å². The van der Waals surface area contributed by atoms with Gasteiger partial charge in [-0.25, -0.2) is 9.67 Å². The van der Waals surface area contributed by atoms with Crippen molar-refractivity contribution in [1.29, 1.82) is 0 Å². The molecule has 3 aromatic rings. The second kappa shape index (κ2) is 7.17. The number of fused-ring (bicyclic) bond motifs is 1. The second-order valence-corrected chi connectivity index (χ2v) is 8.48. The van der Waals surface area contributed by atoms with Crippen molar-refractivity contribution in [2.75, 3.05) is 13.1 Å². The molecule has 1 aliphatic carbocycles. The minimum absolute atomic E-state index is 0.0574. The summed E-state index contributed by atoms with van der Waals surface area (Å²) in [7, 11) is 0. The lowest BCUT2D eigenvalue weighted by Gasteiger charge is -2.16. The zero-order valence-electron chi connectivity index (χ0n) is 16.3. The number of hydrogen-bond donors (Lipinski definition) is 1. The summed E-state index contributed by atoms with van der Waals surface area (Å²) in [6.45, 7) is 5.13. The van der Waals surface area contributed by atoms with Crippen LogP contribution in [0.25, 0.3) is 11.0 Å². The number of rotatable bonds is 4. The molecule has 2 unspecified atom stereocenters. The molecule has 0 amide bonds. The SMILES string of the molecule is CC1CN(Cc2ccccc2)CC1c1nc2c(cnn2C2CCCC2)c(=O)[nH]1. The Balaban J connectivity index is 1.43. The third-order valence-corrected chi connectivity index (χ3v) is 6.44. The van der Waals surface area contributed by atoms with E-state index in [-0.39, 0.29) is 11.5 Å². The normalized spacial score (nSPS) is 23.8. The van der Waals surface area contributed by atoms with Crippen LogP contribution in [0.4, 0.5) is 0 Å². The number of benzene rings is 1. The Labute approximate surface area is 164 Å². The summed E-state index contributed by atoms with van der Waals surface area (Å²) in [6, 6.07) is 11.0. The highest BCUT2D eigenvalue weighted by molar-refractivity contribution is 5.73. The lowest BCUT2D eigenvalue weighted by molar-refractivity contribution is 0.318. The predicted octanol–water partition coefficient (Wildman–Crippen LogP) is 3.47. The van der Waals surface area contributed by atoms with Crippen molar-refractivity contribution in [3.05, 3.63) is 58.3 Å². The summed E-state index contributed by atoms with van der Waals surface area (Å²) in [5.74, 6) is 1.51. The molecule has 1 aliphatic heterocycles. The molecule has 2 aliphatic rings. The van der Waals surface area contributed by atoms with Gasteiger partial charge in [0.05, 0.1) is 12.2 Å². The molecule has 1 saturated carbocycles. The van der Waals surface area contributed by atoms with Crippen molar-refractivity contribution in [3.63, 3.8) is 0 Å². The van der Waals surface area contributed by atoms with Gasteiger partial charge >= 0.3 is 0 Å². The zero-order valence-corrected chi connectivity index (χ0v) is 16.3. The van der Waals surface area contributed by atoms with Crippen LogP contribution in [-0.4, -0.2) is 37.7 Å². The van der Waals surface area contributed by atoms with E-state index in [9.17, 15) is 4.79 Å². The molecule has 6 heteroatoms. The summed E-state index contributed by atoms with van der Waals surface area (Å²) in [6.07, 6.45) is 6.41. The fourth-order valence-corrected chi connectivity index (χ4v) is 4.94. The fraction of sp³-hybridized carbons (Fsp3) is 0.500. The lowest BCUT2D eigenvalue weighted by atomic mass is 9.97. The standard InChI is InChI=1S/C22H27N5O/c1-15-12-26(13-16-7-3-2-4-8-16)14-19(15)20-24-21-18(22(28)25-20)11-23-27(21)17-9-5-6-10-17/h2-4,7-8,11,15,17,19H,5-6,9-10,12-14H2,1H3,(H,24,25,28). The summed E-state index contributed by atoms with van der Waals surface area (Å²) in [5.41, 5.74) is 2.03. The van der Waals surface area contributed by atoms with Crippen LogP contribution in [0.15, 0.2) is 41.3 Å². The van der Waals surface area contributed by atoms with E-state index in [1.165, 1.54) is 18.4 Å². The molecular formula is C22H27N5O. The molecule has 1 saturated heterocycles. The van der Waals surface area contributed by atoms with Gasteiger partial charge in [0.25, 0.3) is 5.56 Å². The third kappa shape index (κ3) is 3.15. The van der Waals surface area contributed by atoms with E-state index in [1.54, 1.807) is 6.20 Å². The van der Waals surface area contributed by atoms with E-state index in [1.807, 2.05) is 4.68 Å². The van der Waals surface area contributed by atoms with Crippen molar-refractivity contribution >= 4 is 11.0 Å². The topological polar surface area (TPSA) is 66.8 Å². The Bertz CT molecular complexity index is 1020. The Kier molecular flexibility index (Phi) is 4.51.